The van der Waals surface area contributed by atoms with Crippen molar-refractivity contribution in [3.05, 3.63) is 84.1 Å². The first-order chi connectivity index (χ1) is 16.7. The van der Waals surface area contributed by atoms with Crippen LogP contribution in [0, 0.1) is 17.6 Å². The van der Waals surface area contributed by atoms with Gasteiger partial charge in [-0.25, -0.2) is 21.9 Å². The minimum Gasteiger partial charge on any atom is -0.349 e. The summed E-state index contributed by atoms with van der Waals surface area (Å²) < 4.78 is 55.4. The van der Waals surface area contributed by atoms with E-state index in [1.807, 2.05) is 6.92 Å². The molecule has 9 heteroatoms. The van der Waals surface area contributed by atoms with E-state index in [-0.39, 0.29) is 34.6 Å². The van der Waals surface area contributed by atoms with Crippen LogP contribution in [-0.2, 0) is 14.8 Å². The molecule has 0 spiro atoms. The molecule has 1 atom stereocenters. The molecule has 1 fully saturated rings. The molecule has 2 aromatic carbocycles. The zero-order chi connectivity index (χ0) is 25.0. The highest BCUT2D eigenvalue weighted by molar-refractivity contribution is 7.89. The molecule has 2 N–H and O–H groups in total. The van der Waals surface area contributed by atoms with Gasteiger partial charge in [0.15, 0.2) is 0 Å². The fraction of sp³-hybridized carbons (Fsp3) is 0.308. The van der Waals surface area contributed by atoms with Gasteiger partial charge in [-0.1, -0.05) is 24.3 Å². The topological polar surface area (TPSA) is 88.2 Å². The maximum Gasteiger partial charge on any atom is 0.242 e. The summed E-state index contributed by atoms with van der Waals surface area (Å²) in [6.07, 6.45) is 3.39. The lowest BCUT2D eigenvalue weighted by molar-refractivity contribution is -0.126. The fourth-order valence-electron chi connectivity index (χ4n) is 4.29. The van der Waals surface area contributed by atoms with Crippen molar-refractivity contribution in [1.29, 1.82) is 0 Å². The second kappa shape index (κ2) is 10.6. The Morgan fingerprint density at radius 2 is 1.66 bits per heavy atom. The molecule has 0 radical (unpaired) electrons. The van der Waals surface area contributed by atoms with Gasteiger partial charge in [-0.15, -0.1) is 0 Å². The van der Waals surface area contributed by atoms with Gasteiger partial charge in [0.2, 0.25) is 15.9 Å². The van der Waals surface area contributed by atoms with E-state index in [2.05, 4.69) is 15.0 Å². The quantitative estimate of drug-likeness (QED) is 0.492. The highest BCUT2D eigenvalue weighted by Crippen LogP contribution is 2.27. The van der Waals surface area contributed by atoms with Gasteiger partial charge in [-0.05, 0) is 74.6 Å². The Hall–Kier alpha value is -3.17. The Balaban J connectivity index is 1.31. The molecule has 1 aliphatic carbocycles. The van der Waals surface area contributed by atoms with Crippen molar-refractivity contribution in [1.82, 2.24) is 15.0 Å². The van der Waals surface area contributed by atoms with Crippen molar-refractivity contribution in [3.63, 3.8) is 0 Å². The molecule has 1 amide bonds. The SMILES string of the molecule is C[C@@H](NC(=O)C1CCC(NS(=O)(=O)c2ccc(-c3ccccc3F)nc2)CC1)c1ccc(F)cc1. The number of sulfonamides is 1. The van der Waals surface area contributed by atoms with Crippen molar-refractivity contribution in [3.8, 4) is 11.3 Å². The van der Waals surface area contributed by atoms with Gasteiger partial charge >= 0.3 is 0 Å². The number of nitrogens with one attached hydrogen (secondary N) is 2. The highest BCUT2D eigenvalue weighted by Gasteiger charge is 2.30. The summed E-state index contributed by atoms with van der Waals surface area (Å²) in [4.78, 5) is 16.8. The first-order valence-corrected chi connectivity index (χ1v) is 13.0. The number of carbonyl (C=O) groups is 1. The van der Waals surface area contributed by atoms with Gasteiger partial charge in [0.1, 0.15) is 16.5 Å². The normalized spacial score (nSPS) is 19.2. The average molecular weight is 500 g/mol. The van der Waals surface area contributed by atoms with E-state index in [1.54, 1.807) is 30.3 Å². The smallest absolute Gasteiger partial charge is 0.242 e. The maximum atomic E-state index is 14.0. The van der Waals surface area contributed by atoms with E-state index in [9.17, 15) is 22.0 Å². The molecule has 0 saturated heterocycles. The standard InChI is InChI=1S/C26H27F2N3O3S/c1-17(18-6-10-20(27)11-7-18)30-26(32)19-8-12-21(13-9-19)31-35(33,34)22-14-15-25(29-16-22)23-4-2-3-5-24(23)28/h2-7,10-11,14-17,19,21,31H,8-9,12-13H2,1H3,(H,30,32)/t17-,19?,21?/m1/s1. The molecule has 0 unspecified atom stereocenters. The van der Waals surface area contributed by atoms with Crippen LogP contribution in [0.2, 0.25) is 0 Å². The zero-order valence-corrected chi connectivity index (χ0v) is 20.1. The molecule has 0 bridgehead atoms. The summed E-state index contributed by atoms with van der Waals surface area (Å²) in [5.41, 5.74) is 1.47. The maximum absolute atomic E-state index is 14.0. The van der Waals surface area contributed by atoms with E-state index in [4.69, 9.17) is 0 Å². The Kier molecular flexibility index (Phi) is 7.57. The molecule has 1 aromatic heterocycles. The Bertz CT molecular complexity index is 1270. The van der Waals surface area contributed by atoms with Crippen LogP contribution in [-0.4, -0.2) is 25.4 Å². The number of hydrogen-bond donors (Lipinski definition) is 2. The van der Waals surface area contributed by atoms with Crippen LogP contribution in [0.25, 0.3) is 11.3 Å². The third kappa shape index (κ3) is 6.10. The number of halogens is 2. The number of pyridine rings is 1. The lowest BCUT2D eigenvalue weighted by Crippen LogP contribution is -2.41. The number of benzene rings is 2. The summed E-state index contributed by atoms with van der Waals surface area (Å²) >= 11 is 0. The summed E-state index contributed by atoms with van der Waals surface area (Å²) in [6.45, 7) is 1.84. The Morgan fingerprint density at radius 1 is 0.971 bits per heavy atom. The number of amides is 1. The second-order valence-electron chi connectivity index (χ2n) is 8.81. The van der Waals surface area contributed by atoms with Crippen molar-refractivity contribution in [2.75, 3.05) is 0 Å². The fourth-order valence-corrected chi connectivity index (χ4v) is 5.54. The van der Waals surface area contributed by atoms with Crippen LogP contribution in [0.4, 0.5) is 8.78 Å². The van der Waals surface area contributed by atoms with E-state index in [0.717, 1.165) is 5.56 Å². The molecule has 1 saturated carbocycles. The van der Waals surface area contributed by atoms with Crippen molar-refractivity contribution >= 4 is 15.9 Å². The van der Waals surface area contributed by atoms with Gasteiger partial charge in [0.25, 0.3) is 0 Å². The molecule has 4 rings (SSSR count). The Labute approximate surface area is 203 Å². The average Bonchev–Trinajstić information content (AvgIpc) is 2.85. The molecule has 6 nitrogen and oxygen atoms in total. The lowest BCUT2D eigenvalue weighted by Gasteiger charge is -2.29. The second-order valence-corrected chi connectivity index (χ2v) is 10.5. The van der Waals surface area contributed by atoms with Crippen LogP contribution in [0.1, 0.15) is 44.2 Å². The van der Waals surface area contributed by atoms with Crippen molar-refractivity contribution < 1.29 is 22.0 Å². The van der Waals surface area contributed by atoms with Crippen LogP contribution in [0.5, 0.6) is 0 Å². The number of carbonyl (C=O) groups excluding carboxylic acids is 1. The minimum atomic E-state index is -3.80. The first kappa shape index (κ1) is 24.9. The number of nitrogens with zero attached hydrogens (tertiary/aromatic N) is 1. The van der Waals surface area contributed by atoms with Crippen LogP contribution < -0.4 is 10.0 Å². The highest BCUT2D eigenvalue weighted by atomic mass is 32.2. The molecule has 1 heterocycles. The van der Waals surface area contributed by atoms with Crippen molar-refractivity contribution in [2.24, 2.45) is 5.92 Å². The number of aromatic nitrogens is 1. The van der Waals surface area contributed by atoms with E-state index in [0.29, 0.717) is 36.9 Å². The molecule has 1 aliphatic rings. The van der Waals surface area contributed by atoms with Gasteiger partial charge < -0.3 is 5.32 Å². The molecule has 184 valence electrons. The zero-order valence-electron chi connectivity index (χ0n) is 19.2. The van der Waals surface area contributed by atoms with Crippen molar-refractivity contribution in [2.45, 2.75) is 49.6 Å². The third-order valence-electron chi connectivity index (χ3n) is 6.35. The van der Waals surface area contributed by atoms with E-state index >= 15 is 0 Å². The molecular weight excluding hydrogens is 472 g/mol. The Morgan fingerprint density at radius 3 is 2.29 bits per heavy atom. The third-order valence-corrected chi connectivity index (χ3v) is 7.85. The summed E-state index contributed by atoms with van der Waals surface area (Å²) in [5.74, 6) is -1.05. The van der Waals surface area contributed by atoms with Crippen LogP contribution in [0.15, 0.2) is 71.8 Å². The largest absolute Gasteiger partial charge is 0.349 e. The monoisotopic (exact) mass is 499 g/mol. The minimum absolute atomic E-state index is 0.00517. The number of rotatable bonds is 7. The molecule has 35 heavy (non-hydrogen) atoms. The number of hydrogen-bond acceptors (Lipinski definition) is 4. The summed E-state index contributed by atoms with van der Waals surface area (Å²) in [6, 6.07) is 14.5. The van der Waals surface area contributed by atoms with Crippen LogP contribution in [0.3, 0.4) is 0 Å². The van der Waals surface area contributed by atoms with Gasteiger partial charge in [-0.3, -0.25) is 9.78 Å². The van der Waals surface area contributed by atoms with Gasteiger partial charge in [0.05, 0.1) is 11.7 Å². The van der Waals surface area contributed by atoms with Gasteiger partial charge in [-0.2, -0.15) is 0 Å². The molecule has 0 aliphatic heterocycles. The first-order valence-electron chi connectivity index (χ1n) is 11.5. The molecule has 3 aromatic rings. The molecular formula is C26H27F2N3O3S. The predicted octanol–water partition coefficient (Wildman–Crippen LogP) is 4.74. The predicted molar refractivity (Wildman–Crippen MR) is 129 cm³/mol. The lowest BCUT2D eigenvalue weighted by atomic mass is 9.85. The van der Waals surface area contributed by atoms with E-state index < -0.39 is 15.8 Å². The summed E-state index contributed by atoms with van der Waals surface area (Å²) in [7, 11) is -3.80. The van der Waals surface area contributed by atoms with Crippen LogP contribution >= 0.6 is 0 Å². The van der Waals surface area contributed by atoms with E-state index in [1.165, 1.54) is 36.5 Å². The van der Waals surface area contributed by atoms with Gasteiger partial charge in [0, 0.05) is 23.7 Å². The summed E-state index contributed by atoms with van der Waals surface area (Å²) in [5, 5.41) is 2.96.